The Balaban J connectivity index is 1.54. The van der Waals surface area contributed by atoms with Crippen molar-refractivity contribution in [3.63, 3.8) is 0 Å². The third-order valence-corrected chi connectivity index (χ3v) is 7.60. The van der Waals surface area contributed by atoms with Gasteiger partial charge in [-0.05, 0) is 74.9 Å². The molecule has 220 valence electrons. The Bertz CT molecular complexity index is 1580. The monoisotopic (exact) mass is 577 g/mol. The van der Waals surface area contributed by atoms with Crippen molar-refractivity contribution in [3.8, 4) is 5.75 Å². The molecule has 4 aromatic rings. The molecule has 3 amide bonds. The zero-order valence-electron chi connectivity index (χ0n) is 24.6. The van der Waals surface area contributed by atoms with Crippen molar-refractivity contribution in [1.82, 2.24) is 0 Å². The molecule has 0 saturated carbocycles. The smallest absolute Gasteiger partial charge is 0.254 e. The van der Waals surface area contributed by atoms with Crippen LogP contribution in [0.1, 0.15) is 28.4 Å². The maximum Gasteiger partial charge on any atom is 0.254 e. The molecule has 5 rings (SSSR count). The number of anilines is 3. The van der Waals surface area contributed by atoms with E-state index in [9.17, 15) is 14.4 Å². The number of hydrogen-bond acceptors (Lipinski definition) is 5. The highest BCUT2D eigenvalue weighted by Gasteiger charge is 2.55. The van der Waals surface area contributed by atoms with Crippen LogP contribution in [0.3, 0.4) is 0 Å². The number of hydrogen-bond donors (Lipinski definition) is 3. The number of ether oxygens (including phenoxy) is 2. The van der Waals surface area contributed by atoms with E-state index in [0.717, 1.165) is 16.7 Å². The van der Waals surface area contributed by atoms with Crippen LogP contribution in [-0.2, 0) is 19.1 Å². The molecular weight excluding hydrogens is 542 g/mol. The van der Waals surface area contributed by atoms with Crippen LogP contribution < -0.4 is 20.7 Å². The standard InChI is InChI=1S/C35H35N3O5/c1-21-5-13-25(14-6-21)36-33(39)29-30(34(40)37-26-15-7-22(2)8-16-26)32(35(41)38-27-17-9-23(3)10-18-27)43-31(29)24-11-19-28(42-4)20-12-24/h5-20,29-32H,1-4H3,(H,36,39)(H,37,40)(H,38,41). The molecule has 0 radical (unpaired) electrons. The zero-order valence-corrected chi connectivity index (χ0v) is 24.6. The van der Waals surface area contributed by atoms with Crippen molar-refractivity contribution in [2.75, 3.05) is 23.1 Å². The van der Waals surface area contributed by atoms with Gasteiger partial charge in [-0.3, -0.25) is 14.4 Å². The van der Waals surface area contributed by atoms with Crippen LogP contribution in [0, 0.1) is 32.6 Å². The predicted octanol–water partition coefficient (Wildman–Crippen LogP) is 6.21. The summed E-state index contributed by atoms with van der Waals surface area (Å²) in [6.07, 6.45) is -2.15. The van der Waals surface area contributed by atoms with E-state index >= 15 is 0 Å². The molecule has 1 heterocycles. The van der Waals surface area contributed by atoms with Gasteiger partial charge in [-0.25, -0.2) is 0 Å². The number of aryl methyl sites for hydroxylation is 3. The highest BCUT2D eigenvalue weighted by atomic mass is 16.5. The van der Waals surface area contributed by atoms with Crippen molar-refractivity contribution < 1.29 is 23.9 Å². The van der Waals surface area contributed by atoms with Crippen LogP contribution in [-0.4, -0.2) is 30.9 Å². The van der Waals surface area contributed by atoms with Crippen LogP contribution in [0.25, 0.3) is 0 Å². The molecule has 0 aliphatic carbocycles. The Hall–Kier alpha value is -4.95. The van der Waals surface area contributed by atoms with Crippen molar-refractivity contribution in [3.05, 3.63) is 119 Å². The summed E-state index contributed by atoms with van der Waals surface area (Å²) in [5, 5.41) is 8.74. The fourth-order valence-electron chi connectivity index (χ4n) is 5.18. The third-order valence-electron chi connectivity index (χ3n) is 7.60. The summed E-state index contributed by atoms with van der Waals surface area (Å²) in [5.74, 6) is -2.99. The van der Waals surface area contributed by atoms with Gasteiger partial charge in [0.15, 0.2) is 0 Å². The normalized spacial score (nSPS) is 19.3. The highest BCUT2D eigenvalue weighted by molar-refractivity contribution is 6.05. The van der Waals surface area contributed by atoms with E-state index in [2.05, 4.69) is 16.0 Å². The minimum absolute atomic E-state index is 0.431. The average Bonchev–Trinajstić information content (AvgIpc) is 3.42. The summed E-state index contributed by atoms with van der Waals surface area (Å²) in [5.41, 5.74) is 5.45. The quantitative estimate of drug-likeness (QED) is 0.231. The molecular formula is C35H35N3O5. The SMILES string of the molecule is COc1ccc(C2OC(C(=O)Nc3ccc(C)cc3)C(C(=O)Nc3ccc(C)cc3)C2C(=O)Nc2ccc(C)cc2)cc1. The Morgan fingerprint density at radius 2 is 0.953 bits per heavy atom. The Kier molecular flexibility index (Phi) is 8.87. The molecule has 0 aromatic heterocycles. The molecule has 0 spiro atoms. The first kappa shape index (κ1) is 29.5. The van der Waals surface area contributed by atoms with E-state index < -0.39 is 41.8 Å². The molecule has 3 N–H and O–H groups in total. The zero-order chi connectivity index (χ0) is 30.5. The Labute approximate surface area is 251 Å². The van der Waals surface area contributed by atoms with Gasteiger partial charge in [0.25, 0.3) is 5.91 Å². The van der Waals surface area contributed by atoms with Gasteiger partial charge in [-0.1, -0.05) is 65.2 Å². The van der Waals surface area contributed by atoms with Gasteiger partial charge in [-0.2, -0.15) is 0 Å². The second-order valence-electron chi connectivity index (χ2n) is 10.9. The van der Waals surface area contributed by atoms with E-state index in [1.165, 1.54) is 0 Å². The van der Waals surface area contributed by atoms with E-state index in [-0.39, 0.29) is 0 Å². The summed E-state index contributed by atoms with van der Waals surface area (Å²) in [4.78, 5) is 41.9. The first-order valence-corrected chi connectivity index (χ1v) is 14.1. The lowest BCUT2D eigenvalue weighted by Gasteiger charge is -2.23. The van der Waals surface area contributed by atoms with Crippen molar-refractivity contribution in [2.24, 2.45) is 11.8 Å². The molecule has 1 aliphatic rings. The molecule has 4 aromatic carbocycles. The fraction of sp³-hybridized carbons (Fsp3) is 0.229. The Morgan fingerprint density at radius 3 is 1.37 bits per heavy atom. The van der Waals surface area contributed by atoms with Crippen molar-refractivity contribution in [1.29, 1.82) is 0 Å². The van der Waals surface area contributed by atoms with Gasteiger partial charge < -0.3 is 25.4 Å². The molecule has 8 nitrogen and oxygen atoms in total. The lowest BCUT2D eigenvalue weighted by Crippen LogP contribution is -2.43. The van der Waals surface area contributed by atoms with Gasteiger partial charge in [0.05, 0.1) is 25.0 Å². The second kappa shape index (κ2) is 12.9. The van der Waals surface area contributed by atoms with Crippen LogP contribution in [0.5, 0.6) is 5.75 Å². The first-order valence-electron chi connectivity index (χ1n) is 14.1. The van der Waals surface area contributed by atoms with Crippen LogP contribution in [0.2, 0.25) is 0 Å². The molecule has 4 unspecified atom stereocenters. The molecule has 1 saturated heterocycles. The molecule has 43 heavy (non-hydrogen) atoms. The predicted molar refractivity (Wildman–Crippen MR) is 167 cm³/mol. The number of carbonyl (C=O) groups excluding carboxylic acids is 3. The van der Waals surface area contributed by atoms with E-state index in [1.54, 1.807) is 67.8 Å². The lowest BCUT2D eigenvalue weighted by atomic mass is 9.82. The number of rotatable bonds is 8. The maximum atomic E-state index is 14.1. The number of methoxy groups -OCH3 is 1. The molecule has 1 aliphatic heterocycles. The van der Waals surface area contributed by atoms with Crippen LogP contribution in [0.15, 0.2) is 97.1 Å². The lowest BCUT2D eigenvalue weighted by molar-refractivity contribution is -0.134. The molecule has 1 fully saturated rings. The topological polar surface area (TPSA) is 106 Å². The minimum Gasteiger partial charge on any atom is -0.497 e. The average molecular weight is 578 g/mol. The van der Waals surface area contributed by atoms with Gasteiger partial charge in [0.2, 0.25) is 11.8 Å². The largest absolute Gasteiger partial charge is 0.497 e. The summed E-state index contributed by atoms with van der Waals surface area (Å²) in [6.45, 7) is 5.86. The summed E-state index contributed by atoms with van der Waals surface area (Å²) >= 11 is 0. The molecule has 8 heteroatoms. The number of carbonyl (C=O) groups is 3. The molecule has 4 atom stereocenters. The van der Waals surface area contributed by atoms with Crippen LogP contribution >= 0.6 is 0 Å². The Morgan fingerprint density at radius 1 is 0.558 bits per heavy atom. The molecule has 0 bridgehead atoms. The number of nitrogens with one attached hydrogen (secondary N) is 3. The summed E-state index contributed by atoms with van der Waals surface area (Å²) in [7, 11) is 1.57. The summed E-state index contributed by atoms with van der Waals surface area (Å²) in [6, 6.07) is 29.1. The van der Waals surface area contributed by atoms with Crippen molar-refractivity contribution in [2.45, 2.75) is 33.0 Å². The van der Waals surface area contributed by atoms with E-state index in [0.29, 0.717) is 28.4 Å². The van der Waals surface area contributed by atoms with Crippen LogP contribution in [0.4, 0.5) is 17.1 Å². The van der Waals surface area contributed by atoms with Gasteiger partial charge >= 0.3 is 0 Å². The minimum atomic E-state index is -1.26. The van der Waals surface area contributed by atoms with E-state index in [4.69, 9.17) is 9.47 Å². The fourth-order valence-corrected chi connectivity index (χ4v) is 5.18. The summed E-state index contributed by atoms with van der Waals surface area (Å²) < 4.78 is 11.7. The van der Waals surface area contributed by atoms with Crippen molar-refractivity contribution >= 4 is 34.8 Å². The number of amides is 3. The first-order chi connectivity index (χ1) is 20.7. The third kappa shape index (κ3) is 6.93. The van der Waals surface area contributed by atoms with Gasteiger partial charge in [0.1, 0.15) is 11.9 Å². The second-order valence-corrected chi connectivity index (χ2v) is 10.9. The maximum absolute atomic E-state index is 14.1. The van der Waals surface area contributed by atoms with Gasteiger partial charge in [0, 0.05) is 17.1 Å². The highest BCUT2D eigenvalue weighted by Crippen LogP contribution is 2.44. The van der Waals surface area contributed by atoms with E-state index in [1.807, 2.05) is 57.2 Å². The van der Waals surface area contributed by atoms with Gasteiger partial charge in [-0.15, -0.1) is 0 Å². The number of benzene rings is 4.